The second-order valence-corrected chi connectivity index (χ2v) is 5.81. The van der Waals surface area contributed by atoms with Crippen LogP contribution in [-0.2, 0) is 11.2 Å². The first kappa shape index (κ1) is 12.9. The molecule has 2 atom stereocenters. The topological polar surface area (TPSA) is 24.5 Å². The van der Waals surface area contributed by atoms with E-state index < -0.39 is 0 Å². The van der Waals surface area contributed by atoms with Gasteiger partial charge in [-0.25, -0.2) is 0 Å². The third-order valence-electron chi connectivity index (χ3n) is 4.33. The number of anilines is 1. The second-order valence-electron chi connectivity index (χ2n) is 5.81. The molecule has 3 nitrogen and oxygen atoms in total. The number of nitrogens with one attached hydrogen (secondary N) is 1. The molecule has 3 heteroatoms. The molecule has 0 aliphatic carbocycles. The molecule has 3 rings (SSSR count). The van der Waals surface area contributed by atoms with Gasteiger partial charge in [-0.15, -0.1) is 0 Å². The Morgan fingerprint density at radius 3 is 3.11 bits per heavy atom. The van der Waals surface area contributed by atoms with Gasteiger partial charge in [0.25, 0.3) is 0 Å². The van der Waals surface area contributed by atoms with Crippen LogP contribution in [0.4, 0.5) is 5.69 Å². The van der Waals surface area contributed by atoms with Gasteiger partial charge in [-0.1, -0.05) is 18.2 Å². The molecule has 2 unspecified atom stereocenters. The molecule has 2 aliphatic rings. The summed E-state index contributed by atoms with van der Waals surface area (Å²) >= 11 is 0. The third-order valence-corrected chi connectivity index (χ3v) is 4.33. The molecule has 0 radical (unpaired) electrons. The minimum absolute atomic E-state index is 0.633. The monoisotopic (exact) mass is 260 g/mol. The van der Waals surface area contributed by atoms with Crippen LogP contribution in [0.3, 0.4) is 0 Å². The lowest BCUT2D eigenvalue weighted by atomic mass is 10.1. The molecule has 1 aromatic carbocycles. The molecule has 0 amide bonds. The van der Waals surface area contributed by atoms with E-state index in [1.807, 2.05) is 0 Å². The fourth-order valence-corrected chi connectivity index (χ4v) is 3.22. The van der Waals surface area contributed by atoms with Crippen LogP contribution in [0.15, 0.2) is 24.3 Å². The molecule has 1 fully saturated rings. The Labute approximate surface area is 115 Å². The van der Waals surface area contributed by atoms with Crippen LogP contribution in [0.2, 0.25) is 0 Å². The Morgan fingerprint density at radius 2 is 2.26 bits per heavy atom. The summed E-state index contributed by atoms with van der Waals surface area (Å²) < 4.78 is 5.40. The quantitative estimate of drug-likeness (QED) is 0.820. The van der Waals surface area contributed by atoms with Gasteiger partial charge in [-0.05, 0) is 37.3 Å². The van der Waals surface area contributed by atoms with Crippen molar-refractivity contribution in [3.8, 4) is 0 Å². The molecular formula is C16H24N2O. The second kappa shape index (κ2) is 5.93. The highest BCUT2D eigenvalue weighted by Crippen LogP contribution is 2.31. The summed E-state index contributed by atoms with van der Waals surface area (Å²) in [6.45, 7) is 7.48. The maximum Gasteiger partial charge on any atom is 0.0507 e. The zero-order valence-corrected chi connectivity index (χ0v) is 11.8. The van der Waals surface area contributed by atoms with Gasteiger partial charge in [0.1, 0.15) is 0 Å². The van der Waals surface area contributed by atoms with Crippen LogP contribution < -0.4 is 10.2 Å². The first-order chi connectivity index (χ1) is 9.34. The Morgan fingerprint density at radius 1 is 1.37 bits per heavy atom. The van der Waals surface area contributed by atoms with Crippen molar-refractivity contribution in [2.75, 3.05) is 37.7 Å². The molecule has 19 heavy (non-hydrogen) atoms. The molecule has 0 spiro atoms. The number of benzene rings is 1. The number of fused-ring (bicyclic) bond motifs is 1. The average molecular weight is 260 g/mol. The van der Waals surface area contributed by atoms with E-state index in [1.165, 1.54) is 24.1 Å². The van der Waals surface area contributed by atoms with Gasteiger partial charge >= 0.3 is 0 Å². The number of ether oxygens (including phenoxy) is 1. The maximum atomic E-state index is 5.40. The number of hydrogen-bond acceptors (Lipinski definition) is 3. The summed E-state index contributed by atoms with van der Waals surface area (Å²) in [5.41, 5.74) is 2.93. The Kier molecular flexibility index (Phi) is 4.04. The van der Waals surface area contributed by atoms with Gasteiger partial charge in [0.15, 0.2) is 0 Å². The van der Waals surface area contributed by atoms with Crippen molar-refractivity contribution in [2.24, 2.45) is 5.92 Å². The largest absolute Gasteiger partial charge is 0.381 e. The molecule has 1 saturated heterocycles. The van der Waals surface area contributed by atoms with Crippen LogP contribution in [0.1, 0.15) is 18.9 Å². The molecule has 2 aliphatic heterocycles. The van der Waals surface area contributed by atoms with Gasteiger partial charge in [0.05, 0.1) is 6.61 Å². The Balaban J connectivity index is 1.47. The van der Waals surface area contributed by atoms with Gasteiger partial charge in [0.2, 0.25) is 0 Å². The van der Waals surface area contributed by atoms with Crippen molar-refractivity contribution in [2.45, 2.75) is 25.8 Å². The molecule has 1 aromatic rings. The van der Waals surface area contributed by atoms with Gasteiger partial charge in [-0.2, -0.15) is 0 Å². The smallest absolute Gasteiger partial charge is 0.0507 e. The predicted molar refractivity (Wildman–Crippen MR) is 78.7 cm³/mol. The maximum absolute atomic E-state index is 5.40. The molecule has 1 N–H and O–H groups in total. The number of hydrogen-bond donors (Lipinski definition) is 1. The average Bonchev–Trinajstić information content (AvgIpc) is 3.02. The normalized spacial score (nSPS) is 25.8. The summed E-state index contributed by atoms with van der Waals surface area (Å²) in [7, 11) is 0. The predicted octanol–water partition coefficient (Wildman–Crippen LogP) is 2.06. The van der Waals surface area contributed by atoms with Crippen LogP contribution in [0.25, 0.3) is 0 Å². The van der Waals surface area contributed by atoms with E-state index >= 15 is 0 Å². The molecular weight excluding hydrogens is 236 g/mol. The minimum atomic E-state index is 0.633. The van der Waals surface area contributed by atoms with E-state index in [0.29, 0.717) is 6.04 Å². The first-order valence-electron chi connectivity index (χ1n) is 7.47. The highest BCUT2D eigenvalue weighted by molar-refractivity contribution is 5.59. The summed E-state index contributed by atoms with van der Waals surface area (Å²) in [5, 5.41) is 3.58. The Hall–Kier alpha value is -1.06. The zero-order chi connectivity index (χ0) is 13.1. The summed E-state index contributed by atoms with van der Waals surface area (Å²) in [6, 6.07) is 9.44. The van der Waals surface area contributed by atoms with Crippen molar-refractivity contribution in [1.82, 2.24) is 5.32 Å². The van der Waals surface area contributed by atoms with Gasteiger partial charge < -0.3 is 15.0 Å². The minimum Gasteiger partial charge on any atom is -0.381 e. The van der Waals surface area contributed by atoms with Crippen molar-refractivity contribution in [3.05, 3.63) is 29.8 Å². The first-order valence-corrected chi connectivity index (χ1v) is 7.47. The standard InChI is InChI=1S/C16H24N2O/c1-13-10-15-4-2-3-5-16(15)18(13)8-7-17-11-14-6-9-19-12-14/h2-5,13-14,17H,6-12H2,1H3. The molecule has 2 heterocycles. The summed E-state index contributed by atoms with van der Waals surface area (Å²) in [6.07, 6.45) is 2.41. The number of nitrogens with zero attached hydrogens (tertiary/aromatic N) is 1. The van der Waals surface area contributed by atoms with Gasteiger partial charge in [-0.3, -0.25) is 0 Å². The fourth-order valence-electron chi connectivity index (χ4n) is 3.22. The van der Waals surface area contributed by atoms with E-state index in [9.17, 15) is 0 Å². The van der Waals surface area contributed by atoms with E-state index in [0.717, 1.165) is 38.8 Å². The summed E-state index contributed by atoms with van der Waals surface area (Å²) in [5.74, 6) is 0.725. The molecule has 0 saturated carbocycles. The van der Waals surface area contributed by atoms with Crippen molar-refractivity contribution >= 4 is 5.69 Å². The lowest BCUT2D eigenvalue weighted by molar-refractivity contribution is 0.185. The molecule has 0 bridgehead atoms. The SMILES string of the molecule is CC1Cc2ccccc2N1CCNCC1CCOC1. The van der Waals surface area contributed by atoms with Crippen LogP contribution in [0, 0.1) is 5.92 Å². The fraction of sp³-hybridized carbons (Fsp3) is 0.625. The van der Waals surface area contributed by atoms with Crippen molar-refractivity contribution in [1.29, 1.82) is 0 Å². The molecule has 0 aromatic heterocycles. The van der Waals surface area contributed by atoms with E-state index in [4.69, 9.17) is 4.74 Å². The zero-order valence-electron chi connectivity index (χ0n) is 11.8. The van der Waals surface area contributed by atoms with Gasteiger partial charge in [0, 0.05) is 38.0 Å². The summed E-state index contributed by atoms with van der Waals surface area (Å²) in [4.78, 5) is 2.54. The van der Waals surface area contributed by atoms with Crippen molar-refractivity contribution < 1.29 is 4.74 Å². The lowest BCUT2D eigenvalue weighted by Gasteiger charge is -2.25. The van der Waals surface area contributed by atoms with Crippen molar-refractivity contribution in [3.63, 3.8) is 0 Å². The number of rotatable bonds is 5. The van der Waals surface area contributed by atoms with E-state index in [2.05, 4.69) is 41.4 Å². The highest BCUT2D eigenvalue weighted by atomic mass is 16.5. The Bertz CT molecular complexity index is 415. The van der Waals surface area contributed by atoms with E-state index in [-0.39, 0.29) is 0 Å². The highest BCUT2D eigenvalue weighted by Gasteiger charge is 2.24. The van der Waals surface area contributed by atoms with Crippen LogP contribution in [0.5, 0.6) is 0 Å². The number of para-hydroxylation sites is 1. The van der Waals surface area contributed by atoms with E-state index in [1.54, 1.807) is 0 Å². The van der Waals surface area contributed by atoms with Crippen LogP contribution in [-0.4, -0.2) is 38.9 Å². The lowest BCUT2D eigenvalue weighted by Crippen LogP contribution is -2.37. The molecule has 104 valence electrons. The third kappa shape index (κ3) is 2.93. The van der Waals surface area contributed by atoms with Crippen LogP contribution >= 0.6 is 0 Å².